The first-order valence-corrected chi connectivity index (χ1v) is 15.1. The van der Waals surface area contributed by atoms with Crippen molar-refractivity contribution in [3.8, 4) is 17.2 Å². The number of nitrogens with zero attached hydrogens (tertiary/aromatic N) is 4. The molecule has 4 rings (SSSR count). The molecule has 0 bridgehead atoms. The summed E-state index contributed by atoms with van der Waals surface area (Å²) in [6.07, 6.45) is 0.987. The number of carbonyl (C=O) groups excluding carboxylic acids is 1. The molecule has 1 atom stereocenters. The third-order valence-electron chi connectivity index (χ3n) is 6.81. The zero-order valence-electron chi connectivity index (χ0n) is 27.0. The van der Waals surface area contributed by atoms with Gasteiger partial charge in [-0.25, -0.2) is 0 Å². The highest BCUT2D eigenvalue weighted by Crippen LogP contribution is 2.36. The predicted molar refractivity (Wildman–Crippen MR) is 173 cm³/mol. The Bertz CT molecular complexity index is 1300. The molecular formula is C32H47N7O5. The largest absolute Gasteiger partial charge is 0.497 e. The number of morpholine rings is 1. The highest BCUT2D eigenvalue weighted by atomic mass is 16.5. The molecule has 240 valence electrons. The van der Waals surface area contributed by atoms with Gasteiger partial charge in [0.1, 0.15) is 17.2 Å². The van der Waals surface area contributed by atoms with E-state index in [1.807, 2.05) is 56.3 Å². The predicted octanol–water partition coefficient (Wildman–Crippen LogP) is 4.54. The lowest BCUT2D eigenvalue weighted by Gasteiger charge is -2.28. The van der Waals surface area contributed by atoms with E-state index in [2.05, 4.69) is 34.7 Å². The van der Waals surface area contributed by atoms with Crippen molar-refractivity contribution in [2.75, 3.05) is 76.3 Å². The lowest BCUT2D eigenvalue weighted by atomic mass is 9.97. The summed E-state index contributed by atoms with van der Waals surface area (Å²) < 4.78 is 22.4. The molecule has 0 spiro atoms. The Kier molecular flexibility index (Phi) is 13.8. The van der Waals surface area contributed by atoms with Crippen LogP contribution in [0.3, 0.4) is 0 Å². The van der Waals surface area contributed by atoms with E-state index in [9.17, 15) is 4.79 Å². The minimum absolute atomic E-state index is 0.0639. The lowest BCUT2D eigenvalue weighted by Crippen LogP contribution is -2.37. The van der Waals surface area contributed by atoms with Gasteiger partial charge in [-0.15, -0.1) is 0 Å². The Morgan fingerprint density at radius 2 is 1.64 bits per heavy atom. The number of aromatic nitrogens is 3. The number of hydrogen-bond acceptors (Lipinski definition) is 11. The van der Waals surface area contributed by atoms with Gasteiger partial charge in [0.25, 0.3) is 5.91 Å². The van der Waals surface area contributed by atoms with E-state index in [-0.39, 0.29) is 12.5 Å². The maximum absolute atomic E-state index is 11.6. The van der Waals surface area contributed by atoms with Crippen LogP contribution in [-0.2, 0) is 9.53 Å². The van der Waals surface area contributed by atoms with Crippen LogP contribution in [0.5, 0.6) is 17.2 Å². The molecule has 44 heavy (non-hydrogen) atoms. The van der Waals surface area contributed by atoms with Crippen molar-refractivity contribution in [3.63, 3.8) is 0 Å². The summed E-state index contributed by atoms with van der Waals surface area (Å²) in [5, 5.41) is 9.46. The Labute approximate surface area is 260 Å². The van der Waals surface area contributed by atoms with Crippen LogP contribution < -0.4 is 35.1 Å². The van der Waals surface area contributed by atoms with E-state index >= 15 is 0 Å². The minimum atomic E-state index is -0.401. The Balaban J connectivity index is 0.00000259. The van der Waals surface area contributed by atoms with Gasteiger partial charge in [0.05, 0.1) is 33.5 Å². The van der Waals surface area contributed by atoms with E-state index in [0.29, 0.717) is 67.3 Å². The van der Waals surface area contributed by atoms with Gasteiger partial charge >= 0.3 is 0 Å². The van der Waals surface area contributed by atoms with Crippen LogP contribution >= 0.6 is 0 Å². The molecule has 0 aliphatic carbocycles. The number of likely N-dealkylation sites (N-methyl/N-ethyl adjacent to an activating group) is 1. The van der Waals surface area contributed by atoms with Gasteiger partial charge in [-0.1, -0.05) is 39.8 Å². The van der Waals surface area contributed by atoms with Gasteiger partial charge in [-0.3, -0.25) is 4.79 Å². The Morgan fingerprint density at radius 3 is 2.27 bits per heavy atom. The molecule has 2 heterocycles. The Morgan fingerprint density at radius 1 is 0.955 bits per heavy atom. The normalized spacial score (nSPS) is 13.3. The summed E-state index contributed by atoms with van der Waals surface area (Å²) in [5.41, 5.74) is 1.77. The Hall–Kier alpha value is -4.32. The highest BCUT2D eigenvalue weighted by molar-refractivity contribution is 5.77. The number of ether oxygens (including phenoxy) is 4. The molecule has 12 heteroatoms. The van der Waals surface area contributed by atoms with E-state index in [1.54, 1.807) is 21.3 Å². The molecule has 0 radical (unpaired) electrons. The molecule has 3 aromatic rings. The molecule has 1 fully saturated rings. The first-order valence-electron chi connectivity index (χ1n) is 15.1. The zero-order chi connectivity index (χ0) is 31.9. The molecule has 1 aliphatic heterocycles. The van der Waals surface area contributed by atoms with Crippen molar-refractivity contribution >= 4 is 23.8 Å². The third kappa shape index (κ3) is 9.87. The summed E-state index contributed by atoms with van der Waals surface area (Å²) in [6, 6.07) is 12.8. The van der Waals surface area contributed by atoms with Crippen molar-refractivity contribution in [1.29, 1.82) is 0 Å². The molecule has 2 aromatic carbocycles. The van der Waals surface area contributed by atoms with Crippen LogP contribution in [0.1, 0.15) is 51.3 Å². The molecule has 1 saturated heterocycles. The monoisotopic (exact) mass is 609 g/mol. The van der Waals surface area contributed by atoms with Gasteiger partial charge in [-0.05, 0) is 42.2 Å². The minimum Gasteiger partial charge on any atom is -0.497 e. The third-order valence-corrected chi connectivity index (χ3v) is 6.81. The van der Waals surface area contributed by atoms with E-state index in [1.165, 1.54) is 0 Å². The number of nitrogens with one attached hydrogen (secondary N) is 3. The molecule has 1 aliphatic rings. The molecule has 1 unspecified atom stereocenters. The number of rotatable bonds is 14. The number of anilines is 3. The smallest absolute Gasteiger partial charge is 0.257 e. The van der Waals surface area contributed by atoms with Gasteiger partial charge in [0.2, 0.25) is 17.8 Å². The second-order valence-corrected chi connectivity index (χ2v) is 10.2. The number of hydrogen-bond donors (Lipinski definition) is 3. The van der Waals surface area contributed by atoms with Crippen molar-refractivity contribution in [2.45, 2.75) is 40.2 Å². The average Bonchev–Trinajstić information content (AvgIpc) is 3.07. The maximum atomic E-state index is 11.6. The highest BCUT2D eigenvalue weighted by Gasteiger charge is 2.23. The maximum Gasteiger partial charge on any atom is 0.257 e. The number of methoxy groups -OCH3 is 2. The first-order chi connectivity index (χ1) is 21.4. The molecule has 1 amide bonds. The molecule has 1 aromatic heterocycles. The first kappa shape index (κ1) is 34.2. The summed E-state index contributed by atoms with van der Waals surface area (Å²) >= 11 is 0. The van der Waals surface area contributed by atoms with Crippen molar-refractivity contribution < 1.29 is 23.7 Å². The molecular weight excluding hydrogens is 562 g/mol. The summed E-state index contributed by atoms with van der Waals surface area (Å²) in [4.78, 5) is 28.0. The fraction of sp³-hybridized carbons (Fsp3) is 0.500. The molecule has 12 nitrogen and oxygen atoms in total. The van der Waals surface area contributed by atoms with Gasteiger partial charge < -0.3 is 39.8 Å². The summed E-state index contributed by atoms with van der Waals surface area (Å²) in [6.45, 7) is 11.7. The van der Waals surface area contributed by atoms with Crippen molar-refractivity contribution in [1.82, 2.24) is 20.3 Å². The van der Waals surface area contributed by atoms with Crippen LogP contribution in [0.4, 0.5) is 17.8 Å². The number of amides is 1. The van der Waals surface area contributed by atoms with Gasteiger partial charge in [0, 0.05) is 38.3 Å². The van der Waals surface area contributed by atoms with Crippen molar-refractivity contribution in [2.24, 2.45) is 5.92 Å². The van der Waals surface area contributed by atoms with Crippen LogP contribution in [0.15, 0.2) is 42.5 Å². The quantitative estimate of drug-likeness (QED) is 0.238. The van der Waals surface area contributed by atoms with E-state index < -0.39 is 6.04 Å². The summed E-state index contributed by atoms with van der Waals surface area (Å²) in [7, 11) is 4.82. The number of carbonyl (C=O) groups is 1. The lowest BCUT2D eigenvalue weighted by molar-refractivity contribution is -0.122. The average molecular weight is 610 g/mol. The van der Waals surface area contributed by atoms with Crippen LogP contribution in [-0.4, -0.2) is 81.6 Å². The second-order valence-electron chi connectivity index (χ2n) is 10.2. The van der Waals surface area contributed by atoms with Gasteiger partial charge in [0.15, 0.2) is 6.61 Å². The molecule has 3 N–H and O–H groups in total. The second kappa shape index (κ2) is 17.7. The van der Waals surface area contributed by atoms with E-state index in [4.69, 9.17) is 33.9 Å². The van der Waals surface area contributed by atoms with Crippen LogP contribution in [0, 0.1) is 5.92 Å². The topological polar surface area (TPSA) is 132 Å². The summed E-state index contributed by atoms with van der Waals surface area (Å²) in [5.74, 6) is 3.75. The fourth-order valence-corrected chi connectivity index (χ4v) is 4.39. The van der Waals surface area contributed by atoms with E-state index in [0.717, 1.165) is 24.1 Å². The molecule has 0 saturated carbocycles. The van der Waals surface area contributed by atoms with Gasteiger partial charge in [-0.2, -0.15) is 15.0 Å². The van der Waals surface area contributed by atoms with Crippen molar-refractivity contribution in [3.05, 3.63) is 53.6 Å². The number of benzene rings is 2. The van der Waals surface area contributed by atoms with Crippen LogP contribution in [0.25, 0.3) is 0 Å². The van der Waals surface area contributed by atoms with Crippen LogP contribution in [0.2, 0.25) is 0 Å². The standard InChI is InChI=1S/C30H41N7O5.C2H6/c1-20(2)12-13-32-28-34-29(36-30(35-28)37-14-16-41-17-15-37)33-27(24-11-10-23(39-4)18-25(24)40-5)21-6-8-22(9-7-21)42-19-26(38)31-3;1-2/h6-11,18,20,27H,12-17,19H2,1-5H3,(H,31,38)(H2,32,33,34,35,36);1-2H3. The zero-order valence-corrected chi connectivity index (χ0v) is 27.0. The SMILES string of the molecule is CC.CNC(=O)COc1ccc(C(Nc2nc(NCCC(C)C)nc(N3CCOCC3)n2)c2ccc(OC)cc2OC)cc1. The fourth-order valence-electron chi connectivity index (χ4n) is 4.39.